The highest BCUT2D eigenvalue weighted by Gasteiger charge is 2.13. The van der Waals surface area contributed by atoms with Gasteiger partial charge in [0.25, 0.3) is 5.69 Å². The number of nitro groups is 1. The summed E-state index contributed by atoms with van der Waals surface area (Å²) in [6, 6.07) is 22.5. The number of nitrogens with zero attached hydrogens (tertiary/aromatic N) is 2. The summed E-state index contributed by atoms with van der Waals surface area (Å²) in [5.74, 6) is 0.510. The van der Waals surface area contributed by atoms with Gasteiger partial charge in [0.05, 0.1) is 16.2 Å². The van der Waals surface area contributed by atoms with Gasteiger partial charge in [-0.25, -0.2) is 0 Å². The van der Waals surface area contributed by atoms with Gasteiger partial charge in [-0.2, -0.15) is 0 Å². The van der Waals surface area contributed by atoms with Crippen molar-refractivity contribution in [2.24, 2.45) is 4.99 Å². The second-order valence-corrected chi connectivity index (χ2v) is 6.40. The molecule has 0 radical (unpaired) electrons. The predicted octanol–water partition coefficient (Wildman–Crippen LogP) is 6.14. The number of hydrogen-bond acceptors (Lipinski definition) is 3. The molecule has 3 rings (SSSR count). The fourth-order valence-corrected chi connectivity index (χ4v) is 2.72. The third kappa shape index (κ3) is 4.03. The average Bonchev–Trinajstić information content (AvgIpc) is 2.67. The van der Waals surface area contributed by atoms with Crippen molar-refractivity contribution in [1.29, 1.82) is 0 Å². The first-order chi connectivity index (χ1) is 12.5. The summed E-state index contributed by atoms with van der Waals surface area (Å²) >= 11 is 0. The topological polar surface area (TPSA) is 55.5 Å². The van der Waals surface area contributed by atoms with Gasteiger partial charge in [-0.05, 0) is 40.8 Å². The number of para-hydroxylation sites is 1. The van der Waals surface area contributed by atoms with E-state index in [0.29, 0.717) is 11.5 Å². The van der Waals surface area contributed by atoms with Crippen molar-refractivity contribution in [3.05, 3.63) is 94.0 Å². The summed E-state index contributed by atoms with van der Waals surface area (Å²) in [6.45, 7) is 4.34. The average molecular weight is 344 g/mol. The zero-order valence-corrected chi connectivity index (χ0v) is 14.8. The Hall–Kier alpha value is -3.27. The van der Waals surface area contributed by atoms with Crippen molar-refractivity contribution in [2.75, 3.05) is 0 Å². The number of nitro benzene ring substituents is 1. The molecule has 0 atom stereocenters. The molecule has 26 heavy (non-hydrogen) atoms. The molecule has 0 aromatic heterocycles. The third-order valence-electron chi connectivity index (χ3n) is 4.24. The minimum atomic E-state index is -0.359. The summed E-state index contributed by atoms with van der Waals surface area (Å²) in [7, 11) is 0. The molecule has 0 unspecified atom stereocenters. The monoisotopic (exact) mass is 344 g/mol. The molecule has 0 saturated carbocycles. The summed E-state index contributed by atoms with van der Waals surface area (Å²) in [4.78, 5) is 15.3. The molecule has 0 N–H and O–H groups in total. The molecule has 4 heteroatoms. The van der Waals surface area contributed by atoms with E-state index in [1.165, 1.54) is 11.6 Å². The quantitative estimate of drug-likeness (QED) is 0.317. The van der Waals surface area contributed by atoms with Crippen LogP contribution in [0, 0.1) is 10.1 Å². The standard InChI is InChI=1S/C22H20N2O2/c1-16(2)18-9-7-17(8-10-18)15-23-20-13-11-19(12-14-20)21-5-3-4-6-22(21)24(25)26/h3-16H,1-2H3. The fraction of sp³-hybridized carbons (Fsp3) is 0.136. The van der Waals surface area contributed by atoms with Crippen molar-refractivity contribution in [2.45, 2.75) is 19.8 Å². The molecule has 4 nitrogen and oxygen atoms in total. The van der Waals surface area contributed by atoms with Crippen LogP contribution in [0.3, 0.4) is 0 Å². The highest BCUT2D eigenvalue weighted by Crippen LogP contribution is 2.30. The maximum absolute atomic E-state index is 11.2. The first-order valence-electron chi connectivity index (χ1n) is 8.52. The number of aliphatic imine (C=N–C) groups is 1. The van der Waals surface area contributed by atoms with E-state index < -0.39 is 0 Å². The molecule has 0 saturated heterocycles. The molecular formula is C22H20N2O2. The van der Waals surface area contributed by atoms with Gasteiger partial charge in [0.15, 0.2) is 0 Å². The van der Waals surface area contributed by atoms with Gasteiger partial charge in [-0.1, -0.05) is 62.4 Å². The minimum Gasteiger partial charge on any atom is -0.258 e. The van der Waals surface area contributed by atoms with Crippen LogP contribution in [0.15, 0.2) is 77.8 Å². The fourth-order valence-electron chi connectivity index (χ4n) is 2.72. The van der Waals surface area contributed by atoms with Crippen molar-refractivity contribution in [1.82, 2.24) is 0 Å². The number of rotatable bonds is 5. The molecule has 0 spiro atoms. The van der Waals surface area contributed by atoms with Gasteiger partial charge >= 0.3 is 0 Å². The van der Waals surface area contributed by atoms with Crippen LogP contribution >= 0.6 is 0 Å². The third-order valence-corrected chi connectivity index (χ3v) is 4.24. The molecule has 0 fully saturated rings. The van der Waals surface area contributed by atoms with Gasteiger partial charge in [-0.3, -0.25) is 15.1 Å². The second-order valence-electron chi connectivity index (χ2n) is 6.40. The lowest BCUT2D eigenvalue weighted by molar-refractivity contribution is -0.384. The van der Waals surface area contributed by atoms with Crippen LogP contribution in [-0.4, -0.2) is 11.1 Å². The summed E-state index contributed by atoms with van der Waals surface area (Å²) < 4.78 is 0. The molecule has 0 amide bonds. The Labute approximate surface area is 153 Å². The normalized spacial score (nSPS) is 11.2. The smallest absolute Gasteiger partial charge is 0.258 e. The number of benzene rings is 3. The number of hydrogen-bond donors (Lipinski definition) is 0. The summed E-state index contributed by atoms with van der Waals surface area (Å²) in [6.07, 6.45) is 1.82. The first kappa shape index (κ1) is 17.5. The summed E-state index contributed by atoms with van der Waals surface area (Å²) in [5.41, 5.74) is 4.66. The first-order valence-corrected chi connectivity index (χ1v) is 8.52. The molecule has 3 aromatic carbocycles. The van der Waals surface area contributed by atoms with Crippen LogP contribution < -0.4 is 0 Å². The summed E-state index contributed by atoms with van der Waals surface area (Å²) in [5, 5.41) is 11.2. The van der Waals surface area contributed by atoms with Crippen molar-refractivity contribution < 1.29 is 4.92 Å². The zero-order valence-electron chi connectivity index (χ0n) is 14.8. The largest absolute Gasteiger partial charge is 0.277 e. The minimum absolute atomic E-state index is 0.106. The van der Waals surface area contributed by atoms with E-state index in [2.05, 4.69) is 43.1 Å². The van der Waals surface area contributed by atoms with E-state index in [1.807, 2.05) is 30.5 Å². The van der Waals surface area contributed by atoms with E-state index >= 15 is 0 Å². The van der Waals surface area contributed by atoms with Gasteiger partial charge in [-0.15, -0.1) is 0 Å². The van der Waals surface area contributed by atoms with Crippen LogP contribution in [0.1, 0.15) is 30.9 Å². The van der Waals surface area contributed by atoms with E-state index in [9.17, 15) is 10.1 Å². The van der Waals surface area contributed by atoms with E-state index in [-0.39, 0.29) is 10.6 Å². The second kappa shape index (κ2) is 7.74. The Morgan fingerprint density at radius 2 is 1.58 bits per heavy atom. The maximum Gasteiger partial charge on any atom is 0.277 e. The van der Waals surface area contributed by atoms with Crippen LogP contribution in [0.2, 0.25) is 0 Å². The Morgan fingerprint density at radius 3 is 2.19 bits per heavy atom. The molecule has 0 aliphatic carbocycles. The lowest BCUT2D eigenvalue weighted by atomic mass is 10.0. The Bertz CT molecular complexity index is 927. The Balaban J connectivity index is 1.79. The lowest BCUT2D eigenvalue weighted by Gasteiger charge is -2.05. The molecule has 130 valence electrons. The Kier molecular flexibility index (Phi) is 5.23. The van der Waals surface area contributed by atoms with Gasteiger partial charge in [0.2, 0.25) is 0 Å². The van der Waals surface area contributed by atoms with E-state index in [1.54, 1.807) is 18.2 Å². The van der Waals surface area contributed by atoms with Gasteiger partial charge in [0, 0.05) is 12.3 Å². The lowest BCUT2D eigenvalue weighted by Crippen LogP contribution is -1.91. The molecule has 0 aliphatic heterocycles. The van der Waals surface area contributed by atoms with E-state index in [0.717, 1.165) is 16.8 Å². The SMILES string of the molecule is CC(C)c1ccc(C=Nc2ccc(-c3ccccc3[N+](=O)[O-])cc2)cc1. The highest BCUT2D eigenvalue weighted by molar-refractivity contribution is 5.82. The Morgan fingerprint density at radius 1 is 0.923 bits per heavy atom. The van der Waals surface area contributed by atoms with Crippen molar-refractivity contribution in [3.8, 4) is 11.1 Å². The highest BCUT2D eigenvalue weighted by atomic mass is 16.6. The van der Waals surface area contributed by atoms with Gasteiger partial charge in [0.1, 0.15) is 0 Å². The van der Waals surface area contributed by atoms with Gasteiger partial charge < -0.3 is 0 Å². The van der Waals surface area contributed by atoms with Crippen LogP contribution in [0.5, 0.6) is 0 Å². The van der Waals surface area contributed by atoms with Crippen molar-refractivity contribution in [3.63, 3.8) is 0 Å². The van der Waals surface area contributed by atoms with Crippen LogP contribution in [0.25, 0.3) is 11.1 Å². The maximum atomic E-state index is 11.2. The molecule has 0 aliphatic rings. The molecule has 0 bridgehead atoms. The van der Waals surface area contributed by atoms with Crippen LogP contribution in [0.4, 0.5) is 11.4 Å². The van der Waals surface area contributed by atoms with Crippen molar-refractivity contribution >= 4 is 17.6 Å². The predicted molar refractivity (Wildman–Crippen MR) is 106 cm³/mol. The van der Waals surface area contributed by atoms with E-state index in [4.69, 9.17) is 0 Å². The van der Waals surface area contributed by atoms with Crippen LogP contribution in [-0.2, 0) is 0 Å². The molecule has 3 aromatic rings. The zero-order chi connectivity index (χ0) is 18.5. The molecule has 0 heterocycles. The molecular weight excluding hydrogens is 324 g/mol.